The van der Waals surface area contributed by atoms with E-state index >= 15 is 4.39 Å². The number of piperidine rings is 2. The molecule has 3 fully saturated rings. The van der Waals surface area contributed by atoms with Gasteiger partial charge in [-0.1, -0.05) is 44.2 Å². The molecule has 7 heteroatoms. The largest absolute Gasteiger partial charge is 0.384 e. The van der Waals surface area contributed by atoms with E-state index in [-0.39, 0.29) is 29.2 Å². The van der Waals surface area contributed by atoms with Crippen LogP contribution in [0.15, 0.2) is 48.7 Å². The van der Waals surface area contributed by atoms with Crippen molar-refractivity contribution in [3.8, 4) is 0 Å². The Balaban J connectivity index is 1.25. The molecule has 2 saturated heterocycles. The highest BCUT2D eigenvalue weighted by molar-refractivity contribution is 6.01. The molecule has 3 heterocycles. The fourth-order valence-electron chi connectivity index (χ4n) is 6.33. The quantitative estimate of drug-likeness (QED) is 0.473. The molecule has 1 saturated carbocycles. The molecule has 2 atom stereocenters. The van der Waals surface area contributed by atoms with E-state index in [1.807, 2.05) is 13.8 Å². The van der Waals surface area contributed by atoms with Gasteiger partial charge in [0.25, 0.3) is 0 Å². The lowest BCUT2D eigenvalue weighted by atomic mass is 9.66. The Morgan fingerprint density at radius 1 is 1.08 bits per heavy atom. The highest BCUT2D eigenvalue weighted by atomic mass is 19.1. The van der Waals surface area contributed by atoms with Crippen molar-refractivity contribution in [2.45, 2.75) is 69.9 Å². The van der Waals surface area contributed by atoms with Gasteiger partial charge in [0.05, 0.1) is 17.0 Å². The molecular weight excluding hydrogens is 481 g/mol. The van der Waals surface area contributed by atoms with Gasteiger partial charge in [-0.3, -0.25) is 24.8 Å². The Hall–Kier alpha value is -3.16. The van der Waals surface area contributed by atoms with Crippen LogP contribution in [0, 0.1) is 11.2 Å². The molecule has 1 aliphatic carbocycles. The van der Waals surface area contributed by atoms with E-state index in [1.54, 1.807) is 24.4 Å². The van der Waals surface area contributed by atoms with Gasteiger partial charge in [0.1, 0.15) is 5.82 Å². The molecule has 0 radical (unpaired) electrons. The van der Waals surface area contributed by atoms with Crippen molar-refractivity contribution >= 4 is 22.7 Å². The van der Waals surface area contributed by atoms with E-state index in [4.69, 9.17) is 0 Å². The first kappa shape index (κ1) is 25.1. The Labute approximate surface area is 222 Å². The molecule has 1 aromatic heterocycles. The zero-order valence-electron chi connectivity index (χ0n) is 22.0. The molecule has 2 amide bonds. The van der Waals surface area contributed by atoms with Crippen molar-refractivity contribution < 1.29 is 19.1 Å². The molecule has 3 aliphatic rings. The lowest BCUT2D eigenvalue weighted by molar-refractivity contribution is -0.134. The monoisotopic (exact) mass is 515 g/mol. The Morgan fingerprint density at radius 2 is 1.84 bits per heavy atom. The fourth-order valence-corrected chi connectivity index (χ4v) is 6.33. The lowest BCUT2D eigenvalue weighted by Crippen LogP contribution is -2.55. The van der Waals surface area contributed by atoms with Gasteiger partial charge in [0, 0.05) is 48.6 Å². The maximum absolute atomic E-state index is 16.1. The summed E-state index contributed by atoms with van der Waals surface area (Å²) in [6.07, 6.45) is 5.18. The summed E-state index contributed by atoms with van der Waals surface area (Å²) in [6.45, 7) is 6.06. The van der Waals surface area contributed by atoms with Crippen LogP contribution in [0.2, 0.25) is 0 Å². The number of fused-ring (bicyclic) bond motifs is 1. The molecule has 2 N–H and O–H groups in total. The van der Waals surface area contributed by atoms with Crippen molar-refractivity contribution in [2.24, 2.45) is 5.41 Å². The van der Waals surface area contributed by atoms with E-state index in [1.165, 1.54) is 24.0 Å². The van der Waals surface area contributed by atoms with Gasteiger partial charge in [-0.15, -0.1) is 0 Å². The van der Waals surface area contributed by atoms with Crippen LogP contribution in [-0.2, 0) is 21.7 Å². The second kappa shape index (κ2) is 9.24. The summed E-state index contributed by atoms with van der Waals surface area (Å²) in [7, 11) is 0. The number of hydrogen-bond acceptors (Lipinski definition) is 5. The van der Waals surface area contributed by atoms with Crippen LogP contribution < -0.4 is 5.32 Å². The number of halogens is 1. The number of likely N-dealkylation sites (tertiary alicyclic amines) is 1. The number of aromatic nitrogens is 1. The molecule has 3 aromatic rings. The van der Waals surface area contributed by atoms with Crippen LogP contribution in [-0.4, -0.2) is 39.9 Å². The average molecular weight is 516 g/mol. The van der Waals surface area contributed by atoms with Gasteiger partial charge < -0.3 is 5.11 Å². The number of imide groups is 1. The zero-order chi connectivity index (χ0) is 26.7. The van der Waals surface area contributed by atoms with Gasteiger partial charge in [-0.2, -0.15) is 0 Å². The first-order chi connectivity index (χ1) is 18.1. The van der Waals surface area contributed by atoms with Crippen molar-refractivity contribution in [2.75, 3.05) is 13.1 Å². The number of nitrogens with zero attached hydrogens (tertiary/aromatic N) is 2. The normalized spacial score (nSPS) is 25.9. The third-order valence-corrected chi connectivity index (χ3v) is 8.87. The number of amides is 2. The predicted octanol–water partition coefficient (Wildman–Crippen LogP) is 4.89. The Morgan fingerprint density at radius 3 is 2.53 bits per heavy atom. The van der Waals surface area contributed by atoms with Gasteiger partial charge in [0.2, 0.25) is 11.8 Å². The van der Waals surface area contributed by atoms with Crippen molar-refractivity contribution in [3.05, 3.63) is 76.7 Å². The van der Waals surface area contributed by atoms with E-state index in [2.05, 4.69) is 39.5 Å². The minimum Gasteiger partial charge on any atom is -0.384 e. The first-order valence-electron chi connectivity index (χ1n) is 13.6. The van der Waals surface area contributed by atoms with Crippen molar-refractivity contribution in [3.63, 3.8) is 0 Å². The van der Waals surface area contributed by atoms with Gasteiger partial charge in [-0.25, -0.2) is 4.39 Å². The second-order valence-corrected chi connectivity index (χ2v) is 12.0. The van der Waals surface area contributed by atoms with Crippen molar-refractivity contribution in [1.82, 2.24) is 15.2 Å². The molecule has 2 aliphatic heterocycles. The van der Waals surface area contributed by atoms with Crippen LogP contribution in [0.1, 0.15) is 80.0 Å². The Kier molecular flexibility index (Phi) is 6.11. The van der Waals surface area contributed by atoms with Crippen LogP contribution in [0.3, 0.4) is 0 Å². The summed E-state index contributed by atoms with van der Waals surface area (Å²) in [5.41, 5.74) is 2.02. The van der Waals surface area contributed by atoms with Crippen LogP contribution in [0.4, 0.5) is 4.39 Å². The third-order valence-electron chi connectivity index (χ3n) is 8.87. The second-order valence-electron chi connectivity index (χ2n) is 12.0. The average Bonchev–Trinajstić information content (AvgIpc) is 3.73. The SMILES string of the molecule is CC1(C)CN(Cc2ccc(C3CC3)cc2)CCC1(O)c1ccc2ncc(C3CCC(=O)NC3=O)cc2c1F. The third kappa shape index (κ3) is 4.41. The lowest BCUT2D eigenvalue weighted by Gasteiger charge is -2.50. The maximum Gasteiger partial charge on any atom is 0.234 e. The van der Waals surface area contributed by atoms with Crippen molar-refractivity contribution in [1.29, 1.82) is 0 Å². The fraction of sp³-hybridized carbons (Fsp3) is 0.452. The number of carbonyl (C=O) groups excluding carboxylic acids is 2. The topological polar surface area (TPSA) is 82.5 Å². The maximum atomic E-state index is 16.1. The molecule has 6 rings (SSSR count). The van der Waals surface area contributed by atoms with Gasteiger partial charge in [-0.05, 0) is 60.4 Å². The predicted molar refractivity (Wildman–Crippen MR) is 143 cm³/mol. The Bertz CT molecular complexity index is 1420. The molecule has 38 heavy (non-hydrogen) atoms. The molecule has 2 unspecified atom stereocenters. The number of pyridine rings is 1. The molecule has 198 valence electrons. The molecule has 6 nitrogen and oxygen atoms in total. The smallest absolute Gasteiger partial charge is 0.234 e. The number of nitrogens with one attached hydrogen (secondary N) is 1. The summed E-state index contributed by atoms with van der Waals surface area (Å²) >= 11 is 0. The molecule has 0 bridgehead atoms. The minimum atomic E-state index is -1.36. The van der Waals surface area contributed by atoms with Gasteiger partial charge >= 0.3 is 0 Å². The summed E-state index contributed by atoms with van der Waals surface area (Å²) in [5, 5.41) is 14.6. The highest BCUT2D eigenvalue weighted by Crippen LogP contribution is 2.48. The standard InChI is InChI=1S/C31H34FN3O3/c1-30(2)18-35(17-19-3-5-20(6-4-19)21-7-8-21)14-13-31(30,38)25-10-11-26-24(28(25)32)15-22(16-33-26)23-9-12-27(36)34-29(23)37/h3-6,10-11,15-16,21,23,38H,7-9,12-14,17-18H2,1-2H3,(H,34,36,37). The number of benzene rings is 2. The molecule has 2 aromatic carbocycles. The number of aliphatic hydroxyl groups is 1. The number of hydrogen-bond donors (Lipinski definition) is 2. The first-order valence-corrected chi connectivity index (χ1v) is 13.6. The zero-order valence-corrected chi connectivity index (χ0v) is 22.0. The van der Waals surface area contributed by atoms with E-state index < -0.39 is 22.8 Å². The summed E-state index contributed by atoms with van der Waals surface area (Å²) in [4.78, 5) is 30.7. The number of rotatable bonds is 5. The number of carbonyl (C=O) groups is 2. The van der Waals surface area contributed by atoms with E-state index in [0.29, 0.717) is 37.0 Å². The molecule has 0 spiro atoms. The summed E-state index contributed by atoms with van der Waals surface area (Å²) < 4.78 is 16.1. The van der Waals surface area contributed by atoms with Crippen LogP contribution in [0.5, 0.6) is 0 Å². The highest BCUT2D eigenvalue weighted by Gasteiger charge is 2.50. The minimum absolute atomic E-state index is 0.242. The van der Waals surface area contributed by atoms with Crippen LogP contribution >= 0.6 is 0 Å². The van der Waals surface area contributed by atoms with E-state index in [0.717, 1.165) is 12.5 Å². The summed E-state index contributed by atoms with van der Waals surface area (Å²) in [6, 6.07) is 13.9. The van der Waals surface area contributed by atoms with Gasteiger partial charge in [0.15, 0.2) is 0 Å². The summed E-state index contributed by atoms with van der Waals surface area (Å²) in [5.74, 6) is -0.981. The van der Waals surface area contributed by atoms with E-state index in [9.17, 15) is 14.7 Å². The van der Waals surface area contributed by atoms with Crippen LogP contribution in [0.25, 0.3) is 10.9 Å². The molecular formula is C31H34FN3O3.